The molecule has 0 unspecified atom stereocenters. The summed E-state index contributed by atoms with van der Waals surface area (Å²) in [5.74, 6) is 0.890. The van der Waals surface area contributed by atoms with Gasteiger partial charge in [0, 0.05) is 22.8 Å². The van der Waals surface area contributed by atoms with Crippen LogP contribution in [0.15, 0.2) is 46.9 Å². The zero-order chi connectivity index (χ0) is 12.7. The van der Waals surface area contributed by atoms with Gasteiger partial charge in [-0.3, -0.25) is 0 Å². The molecule has 18 heavy (non-hydrogen) atoms. The van der Waals surface area contributed by atoms with Gasteiger partial charge in [-0.25, -0.2) is 4.98 Å². The number of fused-ring (bicyclic) bond motifs is 1. The molecule has 1 aromatic heterocycles. The third-order valence-corrected chi connectivity index (χ3v) is 3.54. The molecule has 0 saturated carbocycles. The van der Waals surface area contributed by atoms with Crippen molar-refractivity contribution >= 4 is 32.7 Å². The molecule has 3 aromatic rings. The van der Waals surface area contributed by atoms with E-state index < -0.39 is 0 Å². The molecule has 0 amide bonds. The fourth-order valence-electron chi connectivity index (χ4n) is 2.11. The van der Waals surface area contributed by atoms with Crippen LogP contribution < -0.4 is 5.73 Å². The van der Waals surface area contributed by atoms with E-state index >= 15 is 0 Å². The van der Waals surface area contributed by atoms with Crippen LogP contribution in [0, 0.1) is 0 Å². The lowest BCUT2D eigenvalue weighted by Crippen LogP contribution is -1.96. The molecule has 0 atom stereocenters. The van der Waals surface area contributed by atoms with Crippen molar-refractivity contribution in [1.82, 2.24) is 9.55 Å². The molecule has 0 aliphatic carbocycles. The van der Waals surface area contributed by atoms with Crippen LogP contribution in [0.3, 0.4) is 0 Å². The lowest BCUT2D eigenvalue weighted by molar-refractivity contribution is 0.960. The molecule has 4 heteroatoms. The summed E-state index contributed by atoms with van der Waals surface area (Å²) in [4.78, 5) is 4.66. The van der Waals surface area contributed by atoms with E-state index in [-0.39, 0.29) is 0 Å². The van der Waals surface area contributed by atoms with Crippen LogP contribution in [0.5, 0.6) is 0 Å². The van der Waals surface area contributed by atoms with Crippen molar-refractivity contribution < 1.29 is 0 Å². The standard InChI is InChI=1S/C14H12BrN3/c1-18-13-7-6-9(15)8-12(13)17-14(18)10-4-2-3-5-11(10)16/h2-8H,16H2,1H3. The smallest absolute Gasteiger partial charge is 0.142 e. The molecule has 0 fully saturated rings. The van der Waals surface area contributed by atoms with E-state index in [9.17, 15) is 0 Å². The van der Waals surface area contributed by atoms with Crippen molar-refractivity contribution in [1.29, 1.82) is 0 Å². The lowest BCUT2D eigenvalue weighted by Gasteiger charge is -2.05. The topological polar surface area (TPSA) is 43.8 Å². The number of aryl methyl sites for hydroxylation is 1. The summed E-state index contributed by atoms with van der Waals surface area (Å²) in [5, 5.41) is 0. The van der Waals surface area contributed by atoms with Crippen LogP contribution in [0.2, 0.25) is 0 Å². The Hall–Kier alpha value is -1.81. The van der Waals surface area contributed by atoms with Crippen LogP contribution in [0.1, 0.15) is 0 Å². The van der Waals surface area contributed by atoms with Crippen LogP contribution in [0.4, 0.5) is 5.69 Å². The Labute approximate surface area is 113 Å². The first-order valence-corrected chi connectivity index (χ1v) is 6.43. The molecule has 0 radical (unpaired) electrons. The predicted molar refractivity (Wildman–Crippen MR) is 78.3 cm³/mol. The quantitative estimate of drug-likeness (QED) is 0.698. The highest BCUT2D eigenvalue weighted by Crippen LogP contribution is 2.28. The van der Waals surface area contributed by atoms with Gasteiger partial charge < -0.3 is 10.3 Å². The molecule has 90 valence electrons. The number of hydrogen-bond acceptors (Lipinski definition) is 2. The Morgan fingerprint density at radius 1 is 1.17 bits per heavy atom. The van der Waals surface area contributed by atoms with Gasteiger partial charge in [0.05, 0.1) is 11.0 Å². The second-order valence-corrected chi connectivity index (χ2v) is 5.13. The fourth-order valence-corrected chi connectivity index (χ4v) is 2.46. The molecule has 2 aromatic carbocycles. The summed E-state index contributed by atoms with van der Waals surface area (Å²) in [7, 11) is 2.00. The van der Waals surface area contributed by atoms with Crippen LogP contribution in [-0.4, -0.2) is 9.55 Å². The molecule has 3 rings (SSSR count). The number of aromatic nitrogens is 2. The van der Waals surface area contributed by atoms with Crippen LogP contribution in [-0.2, 0) is 7.05 Å². The molecular formula is C14H12BrN3. The number of benzene rings is 2. The first-order valence-electron chi connectivity index (χ1n) is 5.63. The summed E-state index contributed by atoms with van der Waals surface area (Å²) in [6.45, 7) is 0. The molecule has 2 N–H and O–H groups in total. The Bertz CT molecular complexity index is 731. The van der Waals surface area contributed by atoms with Crippen molar-refractivity contribution in [2.24, 2.45) is 7.05 Å². The maximum atomic E-state index is 6.01. The number of hydrogen-bond donors (Lipinski definition) is 1. The third kappa shape index (κ3) is 1.69. The first kappa shape index (κ1) is 11.3. The van der Waals surface area contributed by atoms with Gasteiger partial charge in [-0.15, -0.1) is 0 Å². The molecule has 1 heterocycles. The van der Waals surface area contributed by atoms with Gasteiger partial charge in [0.25, 0.3) is 0 Å². The van der Waals surface area contributed by atoms with E-state index in [4.69, 9.17) is 5.73 Å². The third-order valence-electron chi connectivity index (χ3n) is 3.04. The van der Waals surface area contributed by atoms with Gasteiger partial charge in [-0.05, 0) is 30.3 Å². The average molecular weight is 302 g/mol. The lowest BCUT2D eigenvalue weighted by atomic mass is 10.2. The number of imidazole rings is 1. The van der Waals surface area contributed by atoms with Crippen molar-refractivity contribution in [3.8, 4) is 11.4 Å². The number of anilines is 1. The van der Waals surface area contributed by atoms with Crippen molar-refractivity contribution in [3.05, 3.63) is 46.9 Å². The maximum absolute atomic E-state index is 6.01. The minimum atomic E-state index is 0.745. The Morgan fingerprint density at radius 2 is 1.94 bits per heavy atom. The van der Waals surface area contributed by atoms with Crippen molar-refractivity contribution in [2.75, 3.05) is 5.73 Å². The molecule has 3 nitrogen and oxygen atoms in total. The van der Waals surface area contributed by atoms with Gasteiger partial charge >= 0.3 is 0 Å². The van der Waals surface area contributed by atoms with Gasteiger partial charge in [-0.2, -0.15) is 0 Å². The second kappa shape index (κ2) is 4.14. The Kier molecular flexibility index (Phi) is 2.59. The summed E-state index contributed by atoms with van der Waals surface area (Å²) in [6, 6.07) is 13.9. The highest BCUT2D eigenvalue weighted by atomic mass is 79.9. The monoisotopic (exact) mass is 301 g/mol. The van der Waals surface area contributed by atoms with Crippen LogP contribution >= 0.6 is 15.9 Å². The molecule has 0 bridgehead atoms. The molecule has 0 saturated heterocycles. The zero-order valence-electron chi connectivity index (χ0n) is 9.89. The van der Waals surface area contributed by atoms with Gasteiger partial charge in [0.15, 0.2) is 0 Å². The maximum Gasteiger partial charge on any atom is 0.142 e. The summed E-state index contributed by atoms with van der Waals surface area (Å²) >= 11 is 3.46. The average Bonchev–Trinajstić information content (AvgIpc) is 2.67. The van der Waals surface area contributed by atoms with E-state index in [2.05, 4.69) is 31.5 Å². The van der Waals surface area contributed by atoms with E-state index in [1.807, 2.05) is 43.4 Å². The minimum Gasteiger partial charge on any atom is -0.398 e. The van der Waals surface area contributed by atoms with Gasteiger partial charge in [0.2, 0.25) is 0 Å². The summed E-state index contributed by atoms with van der Waals surface area (Å²) < 4.78 is 3.09. The normalized spacial score (nSPS) is 11.0. The van der Waals surface area contributed by atoms with E-state index in [0.29, 0.717) is 0 Å². The highest BCUT2D eigenvalue weighted by Gasteiger charge is 2.11. The second-order valence-electron chi connectivity index (χ2n) is 4.21. The fraction of sp³-hybridized carbons (Fsp3) is 0.0714. The Balaban J connectivity index is 2.31. The highest BCUT2D eigenvalue weighted by molar-refractivity contribution is 9.10. The SMILES string of the molecule is Cn1c(-c2ccccc2N)nc2cc(Br)ccc21. The summed E-state index contributed by atoms with van der Waals surface area (Å²) in [5.41, 5.74) is 9.78. The summed E-state index contributed by atoms with van der Waals surface area (Å²) in [6.07, 6.45) is 0. The molecule has 0 aliphatic rings. The number of nitrogens with zero attached hydrogens (tertiary/aromatic N) is 2. The van der Waals surface area contributed by atoms with Gasteiger partial charge in [-0.1, -0.05) is 28.1 Å². The van der Waals surface area contributed by atoms with Crippen molar-refractivity contribution in [2.45, 2.75) is 0 Å². The molecular weight excluding hydrogens is 290 g/mol. The molecule has 0 spiro atoms. The number of nitrogen functional groups attached to an aromatic ring is 1. The predicted octanol–water partition coefficient (Wildman–Crippen LogP) is 3.59. The number of para-hydroxylation sites is 1. The van der Waals surface area contributed by atoms with E-state index in [1.165, 1.54) is 0 Å². The van der Waals surface area contributed by atoms with E-state index in [0.717, 1.165) is 32.6 Å². The minimum absolute atomic E-state index is 0.745. The Morgan fingerprint density at radius 3 is 2.72 bits per heavy atom. The van der Waals surface area contributed by atoms with E-state index in [1.54, 1.807) is 0 Å². The number of halogens is 1. The van der Waals surface area contributed by atoms with Crippen LogP contribution in [0.25, 0.3) is 22.4 Å². The number of nitrogens with two attached hydrogens (primary N) is 1. The van der Waals surface area contributed by atoms with Crippen molar-refractivity contribution in [3.63, 3.8) is 0 Å². The number of rotatable bonds is 1. The first-order chi connectivity index (χ1) is 8.66. The molecule has 0 aliphatic heterocycles. The van der Waals surface area contributed by atoms with Gasteiger partial charge in [0.1, 0.15) is 5.82 Å². The zero-order valence-corrected chi connectivity index (χ0v) is 11.5. The largest absolute Gasteiger partial charge is 0.398 e.